The van der Waals surface area contributed by atoms with Gasteiger partial charge < -0.3 is 14.8 Å². The Bertz CT molecular complexity index is 1460. The Hall–Kier alpha value is -4.00. The second kappa shape index (κ2) is 7.85. The van der Waals surface area contributed by atoms with E-state index in [4.69, 9.17) is 0 Å². The van der Waals surface area contributed by atoms with Gasteiger partial charge in [0.2, 0.25) is 5.95 Å². The van der Waals surface area contributed by atoms with E-state index in [9.17, 15) is 0 Å². The van der Waals surface area contributed by atoms with Crippen molar-refractivity contribution in [1.29, 1.82) is 0 Å². The largest absolute Gasteiger partial charge is 0.380 e. The van der Waals surface area contributed by atoms with Crippen molar-refractivity contribution >= 4 is 33.6 Å². The molecule has 4 heterocycles. The Morgan fingerprint density at radius 2 is 1.82 bits per heavy atom. The van der Waals surface area contributed by atoms with Crippen molar-refractivity contribution < 1.29 is 0 Å². The van der Waals surface area contributed by atoms with Crippen LogP contribution in [0.4, 0.5) is 11.6 Å². The van der Waals surface area contributed by atoms with E-state index in [1.54, 1.807) is 24.8 Å². The summed E-state index contributed by atoms with van der Waals surface area (Å²) in [6.45, 7) is 3.96. The molecule has 1 N–H and O–H groups in total. The topological polar surface area (TPSA) is 71.8 Å². The summed E-state index contributed by atoms with van der Waals surface area (Å²) in [5.74, 6) is 0.790. The van der Waals surface area contributed by atoms with E-state index in [1.165, 1.54) is 16.5 Å². The van der Waals surface area contributed by atoms with Crippen LogP contribution in [0.15, 0.2) is 67.4 Å². The van der Waals surface area contributed by atoms with Crippen molar-refractivity contribution in [1.82, 2.24) is 24.5 Å². The minimum absolute atomic E-state index is 0.314. The van der Waals surface area contributed by atoms with Crippen molar-refractivity contribution in [3.8, 4) is 11.1 Å². The molecule has 164 valence electrons. The Morgan fingerprint density at radius 1 is 0.970 bits per heavy atom. The van der Waals surface area contributed by atoms with Gasteiger partial charge in [-0.1, -0.05) is 6.07 Å². The van der Waals surface area contributed by atoms with Crippen LogP contribution in [0.1, 0.15) is 12.0 Å². The molecule has 0 amide bonds. The average molecular weight is 436 g/mol. The second-order valence-corrected chi connectivity index (χ2v) is 8.73. The Kier molecular flexibility index (Phi) is 4.68. The van der Waals surface area contributed by atoms with Crippen molar-refractivity contribution in [2.24, 2.45) is 7.05 Å². The van der Waals surface area contributed by atoms with E-state index in [0.29, 0.717) is 6.04 Å². The monoisotopic (exact) mass is 435 g/mol. The van der Waals surface area contributed by atoms with E-state index >= 15 is 0 Å². The molecule has 3 aromatic heterocycles. The van der Waals surface area contributed by atoms with E-state index in [1.807, 2.05) is 6.07 Å². The number of hydrogen-bond acceptors (Lipinski definition) is 6. The van der Waals surface area contributed by atoms with Crippen LogP contribution in [-0.4, -0.2) is 43.6 Å². The molecule has 1 fully saturated rings. The maximum absolute atomic E-state index is 4.67. The maximum Gasteiger partial charge on any atom is 0.225 e. The van der Waals surface area contributed by atoms with Gasteiger partial charge in [-0.2, -0.15) is 0 Å². The number of anilines is 2. The van der Waals surface area contributed by atoms with Gasteiger partial charge in [-0.25, -0.2) is 9.97 Å². The van der Waals surface area contributed by atoms with E-state index < -0.39 is 0 Å². The van der Waals surface area contributed by atoms with E-state index in [2.05, 4.69) is 85.2 Å². The van der Waals surface area contributed by atoms with Gasteiger partial charge in [0, 0.05) is 79.3 Å². The fourth-order valence-electron chi connectivity index (χ4n) is 4.88. The smallest absolute Gasteiger partial charge is 0.225 e. The highest BCUT2D eigenvalue weighted by Crippen LogP contribution is 2.33. The SMILES string of the molecule is Cc1cn(C)c2ccc(-c3cc(N[C@H]4CCN(c5ncccn5)C4)cc4nccnc34)cc12. The number of benzene rings is 2. The molecule has 0 radical (unpaired) electrons. The molecular formula is C26H25N7. The molecule has 1 aliphatic heterocycles. The predicted octanol–water partition coefficient (Wildman–Crippen LogP) is 4.58. The molecule has 7 nitrogen and oxygen atoms in total. The zero-order valence-corrected chi connectivity index (χ0v) is 18.7. The molecular weight excluding hydrogens is 410 g/mol. The average Bonchev–Trinajstić information content (AvgIpc) is 3.43. The minimum atomic E-state index is 0.314. The number of fused-ring (bicyclic) bond motifs is 2. The first-order valence-corrected chi connectivity index (χ1v) is 11.2. The van der Waals surface area contributed by atoms with Gasteiger partial charge in [0.15, 0.2) is 0 Å². The molecule has 0 unspecified atom stereocenters. The number of nitrogens with zero attached hydrogens (tertiary/aromatic N) is 6. The first-order chi connectivity index (χ1) is 16.2. The van der Waals surface area contributed by atoms with Gasteiger partial charge in [0.25, 0.3) is 0 Å². The number of hydrogen-bond donors (Lipinski definition) is 1. The summed E-state index contributed by atoms with van der Waals surface area (Å²) in [5.41, 5.74) is 7.61. The molecule has 6 rings (SSSR count). The molecule has 33 heavy (non-hydrogen) atoms. The quantitative estimate of drug-likeness (QED) is 0.446. The summed E-state index contributed by atoms with van der Waals surface area (Å²) in [4.78, 5) is 20.3. The van der Waals surface area contributed by atoms with Crippen molar-refractivity contribution in [3.63, 3.8) is 0 Å². The molecule has 1 saturated heterocycles. The Balaban J connectivity index is 1.36. The number of aryl methyl sites for hydroxylation is 2. The van der Waals surface area contributed by atoms with Crippen molar-refractivity contribution in [3.05, 3.63) is 72.9 Å². The molecule has 2 aromatic carbocycles. The van der Waals surface area contributed by atoms with E-state index in [-0.39, 0.29) is 0 Å². The van der Waals surface area contributed by atoms with E-state index in [0.717, 1.165) is 53.3 Å². The normalized spacial score (nSPS) is 16.1. The predicted molar refractivity (Wildman–Crippen MR) is 132 cm³/mol. The first kappa shape index (κ1) is 19.7. The summed E-state index contributed by atoms with van der Waals surface area (Å²) in [7, 11) is 2.09. The zero-order chi connectivity index (χ0) is 22.4. The lowest BCUT2D eigenvalue weighted by Crippen LogP contribution is -2.27. The van der Waals surface area contributed by atoms with Gasteiger partial charge in [0.1, 0.15) is 0 Å². The second-order valence-electron chi connectivity index (χ2n) is 8.73. The molecule has 0 bridgehead atoms. The minimum Gasteiger partial charge on any atom is -0.380 e. The molecule has 0 spiro atoms. The van der Waals surface area contributed by atoms with Crippen LogP contribution >= 0.6 is 0 Å². The third-order valence-corrected chi connectivity index (χ3v) is 6.47. The molecule has 1 atom stereocenters. The summed E-state index contributed by atoms with van der Waals surface area (Å²) in [6.07, 6.45) is 10.3. The van der Waals surface area contributed by atoms with Crippen molar-refractivity contribution in [2.75, 3.05) is 23.3 Å². The van der Waals surface area contributed by atoms with Crippen LogP contribution in [-0.2, 0) is 7.05 Å². The molecule has 0 aliphatic carbocycles. The van der Waals surface area contributed by atoms with Gasteiger partial charge in [-0.05, 0) is 54.8 Å². The Morgan fingerprint density at radius 3 is 2.70 bits per heavy atom. The van der Waals surface area contributed by atoms with Gasteiger partial charge in [-0.3, -0.25) is 9.97 Å². The summed E-state index contributed by atoms with van der Waals surface area (Å²) in [5, 5.41) is 4.99. The van der Waals surface area contributed by atoms with Gasteiger partial charge in [0.05, 0.1) is 11.0 Å². The summed E-state index contributed by atoms with van der Waals surface area (Å²) < 4.78 is 2.17. The maximum atomic E-state index is 4.67. The highest BCUT2D eigenvalue weighted by molar-refractivity contribution is 5.97. The van der Waals surface area contributed by atoms with Crippen molar-refractivity contribution in [2.45, 2.75) is 19.4 Å². The van der Waals surface area contributed by atoms with Crippen LogP contribution < -0.4 is 10.2 Å². The molecule has 5 aromatic rings. The summed E-state index contributed by atoms with van der Waals surface area (Å²) >= 11 is 0. The lowest BCUT2D eigenvalue weighted by Gasteiger charge is -2.18. The third kappa shape index (κ3) is 3.55. The van der Waals surface area contributed by atoms with Crippen LogP contribution in [0.25, 0.3) is 33.1 Å². The van der Waals surface area contributed by atoms with Crippen LogP contribution in [0.2, 0.25) is 0 Å². The number of nitrogens with one attached hydrogen (secondary N) is 1. The first-order valence-electron chi connectivity index (χ1n) is 11.2. The van der Waals surface area contributed by atoms with Crippen LogP contribution in [0.3, 0.4) is 0 Å². The fraction of sp³-hybridized carbons (Fsp3) is 0.231. The third-order valence-electron chi connectivity index (χ3n) is 6.47. The number of rotatable bonds is 4. The fourth-order valence-corrected chi connectivity index (χ4v) is 4.88. The Labute approximate surface area is 192 Å². The van der Waals surface area contributed by atoms with Crippen LogP contribution in [0.5, 0.6) is 0 Å². The van der Waals surface area contributed by atoms with Crippen LogP contribution in [0, 0.1) is 6.92 Å². The molecule has 0 saturated carbocycles. The summed E-state index contributed by atoms with van der Waals surface area (Å²) in [6, 6.07) is 13.1. The highest BCUT2D eigenvalue weighted by atomic mass is 15.3. The molecule has 1 aliphatic rings. The van der Waals surface area contributed by atoms with Gasteiger partial charge >= 0.3 is 0 Å². The number of aromatic nitrogens is 5. The lowest BCUT2D eigenvalue weighted by atomic mass is 10.00. The lowest BCUT2D eigenvalue weighted by molar-refractivity contribution is 0.804. The standard InChI is InChI=1S/C26H25N7/c1-17-15-32(2)24-5-4-18(12-21(17)24)22-13-20(14-23-25(22)28-10-9-27-23)31-19-6-11-33(16-19)26-29-7-3-8-30-26/h3-5,7-10,12-15,19,31H,6,11,16H2,1-2H3/t19-/m0/s1. The van der Waals surface area contributed by atoms with Gasteiger partial charge in [-0.15, -0.1) is 0 Å². The molecule has 7 heteroatoms. The highest BCUT2D eigenvalue weighted by Gasteiger charge is 2.24. The zero-order valence-electron chi connectivity index (χ0n) is 18.7.